The molecule has 26 heavy (non-hydrogen) atoms. The molecule has 0 saturated heterocycles. The lowest BCUT2D eigenvalue weighted by Gasteiger charge is -2.12. The predicted molar refractivity (Wildman–Crippen MR) is 102 cm³/mol. The first-order valence-corrected chi connectivity index (χ1v) is 9.30. The zero-order valence-electron chi connectivity index (χ0n) is 14.6. The van der Waals surface area contributed by atoms with Crippen LogP contribution >= 0.6 is 22.9 Å². The Hall–Kier alpha value is -2.22. The highest BCUT2D eigenvalue weighted by Gasteiger charge is 2.20. The van der Waals surface area contributed by atoms with Crippen LogP contribution in [-0.4, -0.2) is 23.0 Å². The summed E-state index contributed by atoms with van der Waals surface area (Å²) in [5.74, 6) is 0.101. The summed E-state index contributed by atoms with van der Waals surface area (Å²) < 4.78 is 4.77. The van der Waals surface area contributed by atoms with Crippen molar-refractivity contribution < 1.29 is 14.8 Å². The average molecular weight is 393 g/mol. The second kappa shape index (κ2) is 7.57. The Kier molecular flexibility index (Phi) is 5.41. The monoisotopic (exact) mass is 392 g/mol. The molecule has 0 aliphatic rings. The Morgan fingerprint density at radius 3 is 2.85 bits per heavy atom. The largest absolute Gasteiger partial charge is 0.465 e. The van der Waals surface area contributed by atoms with Crippen LogP contribution < -0.4 is 10.9 Å². The maximum Gasteiger partial charge on any atom is 0.348 e. The number of carbonyl (C=O) groups excluding carboxylic acids is 1. The maximum atomic E-state index is 12.4. The summed E-state index contributed by atoms with van der Waals surface area (Å²) in [6, 6.07) is 7.79. The number of nitrogens with zero attached hydrogens (tertiary/aromatic N) is 1. The average Bonchev–Trinajstić information content (AvgIpc) is 2.96. The SMILES string of the molecule is COC(=O)c1sc2nc(C[NH2+][C@H](C)c3ccccc3Cl)[nH]c(=O)c2c1C. The van der Waals surface area contributed by atoms with Gasteiger partial charge in [0.25, 0.3) is 5.56 Å². The van der Waals surface area contributed by atoms with E-state index in [1.165, 1.54) is 18.4 Å². The third-order valence-electron chi connectivity index (χ3n) is 4.28. The van der Waals surface area contributed by atoms with E-state index in [0.717, 1.165) is 5.56 Å². The Bertz CT molecular complexity index is 1030. The number of aryl methyl sites for hydroxylation is 1. The summed E-state index contributed by atoms with van der Waals surface area (Å²) in [5.41, 5.74) is 1.39. The van der Waals surface area contributed by atoms with Gasteiger partial charge in [0.15, 0.2) is 5.82 Å². The van der Waals surface area contributed by atoms with Gasteiger partial charge in [0.2, 0.25) is 0 Å². The van der Waals surface area contributed by atoms with Gasteiger partial charge in [-0.15, -0.1) is 11.3 Å². The third-order valence-corrected chi connectivity index (χ3v) is 5.79. The molecule has 0 spiro atoms. The highest BCUT2D eigenvalue weighted by molar-refractivity contribution is 7.20. The highest BCUT2D eigenvalue weighted by Crippen LogP contribution is 2.27. The molecule has 1 atom stereocenters. The Labute approximate surface area is 159 Å². The summed E-state index contributed by atoms with van der Waals surface area (Å²) in [4.78, 5) is 32.5. The molecule has 0 radical (unpaired) electrons. The molecule has 0 unspecified atom stereocenters. The van der Waals surface area contributed by atoms with Crippen LogP contribution in [0.15, 0.2) is 29.1 Å². The quantitative estimate of drug-likeness (QED) is 0.653. The van der Waals surface area contributed by atoms with Gasteiger partial charge >= 0.3 is 5.97 Å². The molecule has 0 amide bonds. The molecule has 0 fully saturated rings. The summed E-state index contributed by atoms with van der Waals surface area (Å²) in [6.45, 7) is 4.26. The number of aromatic amines is 1. The number of ether oxygens (including phenoxy) is 1. The number of aromatic nitrogens is 2. The zero-order valence-corrected chi connectivity index (χ0v) is 16.2. The fourth-order valence-corrected chi connectivity index (χ4v) is 4.26. The molecule has 0 aliphatic carbocycles. The van der Waals surface area contributed by atoms with Crippen molar-refractivity contribution in [1.82, 2.24) is 9.97 Å². The maximum absolute atomic E-state index is 12.4. The van der Waals surface area contributed by atoms with Gasteiger partial charge in [-0.3, -0.25) is 4.79 Å². The van der Waals surface area contributed by atoms with Gasteiger partial charge in [0.05, 0.1) is 12.5 Å². The minimum absolute atomic E-state index is 0.111. The van der Waals surface area contributed by atoms with Crippen LogP contribution in [0.1, 0.15) is 39.6 Å². The lowest BCUT2D eigenvalue weighted by molar-refractivity contribution is -0.708. The number of hydrogen-bond acceptors (Lipinski definition) is 5. The van der Waals surface area contributed by atoms with E-state index in [-0.39, 0.29) is 11.6 Å². The van der Waals surface area contributed by atoms with Gasteiger partial charge in [0, 0.05) is 10.6 Å². The molecule has 3 rings (SSSR count). The van der Waals surface area contributed by atoms with E-state index < -0.39 is 5.97 Å². The number of carbonyl (C=O) groups is 1. The number of rotatable bonds is 5. The summed E-state index contributed by atoms with van der Waals surface area (Å²) in [5, 5.41) is 3.20. The molecule has 136 valence electrons. The molecule has 3 N–H and O–H groups in total. The minimum atomic E-state index is -0.453. The van der Waals surface area contributed by atoms with Gasteiger partial charge in [-0.2, -0.15) is 0 Å². The second-order valence-electron chi connectivity index (χ2n) is 5.99. The van der Waals surface area contributed by atoms with E-state index in [0.29, 0.717) is 38.0 Å². The van der Waals surface area contributed by atoms with Crippen molar-refractivity contribution in [3.8, 4) is 0 Å². The number of quaternary nitrogens is 1. The standard InChI is InChI=1S/C18H18ClN3O3S/c1-9-14-16(23)21-13(22-17(14)26-15(9)18(24)25-3)8-20-10(2)11-6-4-5-7-12(11)19/h4-7,10,20H,8H2,1-3H3,(H,21,22,23)/p+1/t10-/m1/s1. The molecule has 6 nitrogen and oxygen atoms in total. The van der Waals surface area contributed by atoms with Crippen LogP contribution in [0.25, 0.3) is 10.2 Å². The molecule has 2 aromatic heterocycles. The molecule has 8 heteroatoms. The van der Waals surface area contributed by atoms with Crippen molar-refractivity contribution >= 4 is 39.1 Å². The van der Waals surface area contributed by atoms with Crippen LogP contribution in [0.2, 0.25) is 5.02 Å². The van der Waals surface area contributed by atoms with Gasteiger partial charge in [-0.05, 0) is 25.5 Å². The Morgan fingerprint density at radius 2 is 2.15 bits per heavy atom. The number of benzene rings is 1. The van der Waals surface area contributed by atoms with Gasteiger partial charge in [0.1, 0.15) is 22.3 Å². The van der Waals surface area contributed by atoms with Crippen molar-refractivity contribution in [2.24, 2.45) is 0 Å². The second-order valence-corrected chi connectivity index (χ2v) is 7.40. The van der Waals surface area contributed by atoms with Crippen molar-refractivity contribution in [3.05, 3.63) is 61.5 Å². The van der Waals surface area contributed by atoms with Crippen molar-refractivity contribution in [3.63, 3.8) is 0 Å². The number of esters is 1. The number of methoxy groups -OCH3 is 1. The van der Waals surface area contributed by atoms with Gasteiger partial charge < -0.3 is 15.0 Å². The van der Waals surface area contributed by atoms with Gasteiger partial charge in [-0.25, -0.2) is 9.78 Å². The van der Waals surface area contributed by atoms with Crippen LogP contribution in [0.3, 0.4) is 0 Å². The normalized spacial score (nSPS) is 12.3. The first-order chi connectivity index (χ1) is 12.4. The van der Waals surface area contributed by atoms with Crippen LogP contribution in [0.5, 0.6) is 0 Å². The summed E-state index contributed by atoms with van der Waals surface area (Å²) in [7, 11) is 1.32. The van der Waals surface area contributed by atoms with Crippen molar-refractivity contribution in [2.45, 2.75) is 26.4 Å². The molecule has 2 heterocycles. The molecular weight excluding hydrogens is 374 g/mol. The molecule has 0 bridgehead atoms. The molecule has 0 aliphatic heterocycles. The Balaban J connectivity index is 1.86. The van der Waals surface area contributed by atoms with E-state index in [2.05, 4.69) is 9.97 Å². The fraction of sp³-hybridized carbons (Fsp3) is 0.278. The summed E-state index contributed by atoms with van der Waals surface area (Å²) in [6.07, 6.45) is 0. The summed E-state index contributed by atoms with van der Waals surface area (Å²) >= 11 is 7.41. The zero-order chi connectivity index (χ0) is 18.8. The van der Waals surface area contributed by atoms with Crippen LogP contribution in [0.4, 0.5) is 0 Å². The first kappa shape index (κ1) is 18.6. The fourth-order valence-electron chi connectivity index (χ4n) is 2.83. The van der Waals surface area contributed by atoms with Crippen LogP contribution in [0, 0.1) is 6.92 Å². The van der Waals surface area contributed by atoms with E-state index >= 15 is 0 Å². The van der Waals surface area contributed by atoms with Gasteiger partial charge in [-0.1, -0.05) is 29.8 Å². The minimum Gasteiger partial charge on any atom is -0.465 e. The van der Waals surface area contributed by atoms with E-state index in [4.69, 9.17) is 16.3 Å². The topological polar surface area (TPSA) is 88.7 Å². The smallest absolute Gasteiger partial charge is 0.348 e. The number of hydrogen-bond donors (Lipinski definition) is 2. The number of halogens is 1. The third kappa shape index (κ3) is 3.51. The van der Waals surface area contributed by atoms with E-state index in [1.54, 1.807) is 6.92 Å². The van der Waals surface area contributed by atoms with Crippen LogP contribution in [-0.2, 0) is 11.3 Å². The van der Waals surface area contributed by atoms with E-state index in [1.807, 2.05) is 36.5 Å². The lowest BCUT2D eigenvalue weighted by atomic mass is 10.1. The molecule has 1 aromatic carbocycles. The molecule has 0 saturated carbocycles. The number of fused-ring (bicyclic) bond motifs is 1. The number of H-pyrrole nitrogens is 1. The van der Waals surface area contributed by atoms with Crippen molar-refractivity contribution in [1.29, 1.82) is 0 Å². The molecular formula is C18H19ClN3O3S+. The predicted octanol–water partition coefficient (Wildman–Crippen LogP) is 2.56. The number of thiophene rings is 1. The van der Waals surface area contributed by atoms with Crippen molar-refractivity contribution in [2.75, 3.05) is 7.11 Å². The Morgan fingerprint density at radius 1 is 1.42 bits per heavy atom. The lowest BCUT2D eigenvalue weighted by Crippen LogP contribution is -2.83. The van der Waals surface area contributed by atoms with E-state index in [9.17, 15) is 9.59 Å². The number of nitrogens with one attached hydrogen (secondary N) is 1. The number of nitrogens with two attached hydrogens (primary N) is 1. The first-order valence-electron chi connectivity index (χ1n) is 8.10. The molecule has 3 aromatic rings. The highest BCUT2D eigenvalue weighted by atomic mass is 35.5.